The van der Waals surface area contributed by atoms with Gasteiger partial charge in [0.1, 0.15) is 5.78 Å². The quantitative estimate of drug-likeness (QED) is 0.492. The van der Waals surface area contributed by atoms with E-state index in [9.17, 15) is 9.59 Å². The van der Waals surface area contributed by atoms with E-state index in [-0.39, 0.29) is 17.1 Å². The van der Waals surface area contributed by atoms with Crippen molar-refractivity contribution in [3.05, 3.63) is 34.6 Å². The maximum atomic E-state index is 13.5. The molecule has 1 aromatic heterocycles. The molecule has 1 saturated heterocycles. The standard InChI is InChI=1S/C25H30N2O3S/c28-22(25-11-16-8-17(12-25)10-18(9-16)13-25)15-31-24-26-21-6-2-1-5-20(21)23(29)27(24)14-19-4-3-7-30-19/h1-2,5-6,16-19H,3-4,7-15H2/t16?,17?,18?,19-,25?/m1/s1. The molecule has 1 atom stereocenters. The van der Waals surface area contributed by atoms with Gasteiger partial charge < -0.3 is 4.74 Å². The molecule has 2 heterocycles. The van der Waals surface area contributed by atoms with Crippen LogP contribution < -0.4 is 5.56 Å². The zero-order chi connectivity index (χ0) is 21.0. The van der Waals surface area contributed by atoms with Crippen LogP contribution in [-0.2, 0) is 16.1 Å². The number of Topliss-reactive ketones (excluding diaryl/α,β-unsaturated/α-hetero) is 1. The van der Waals surface area contributed by atoms with Gasteiger partial charge in [-0.1, -0.05) is 23.9 Å². The van der Waals surface area contributed by atoms with E-state index in [0.717, 1.165) is 56.5 Å². The molecule has 7 rings (SSSR count). The number of ether oxygens (including phenoxy) is 1. The van der Waals surface area contributed by atoms with Crippen molar-refractivity contribution < 1.29 is 9.53 Å². The zero-order valence-corrected chi connectivity index (χ0v) is 18.7. The van der Waals surface area contributed by atoms with Crippen LogP contribution in [0.3, 0.4) is 0 Å². The first kappa shape index (κ1) is 20.0. The Morgan fingerprint density at radius 1 is 1.13 bits per heavy atom. The summed E-state index contributed by atoms with van der Waals surface area (Å²) in [5.41, 5.74) is 0.588. The predicted octanol–water partition coefficient (Wildman–Crippen LogP) is 4.45. The molecule has 4 bridgehead atoms. The number of benzene rings is 1. The van der Waals surface area contributed by atoms with Crippen molar-refractivity contribution in [3.8, 4) is 0 Å². The third kappa shape index (κ3) is 3.56. The molecule has 0 radical (unpaired) electrons. The molecule has 0 N–H and O–H groups in total. The highest BCUT2D eigenvalue weighted by Crippen LogP contribution is 2.60. The minimum absolute atomic E-state index is 0.0224. The van der Waals surface area contributed by atoms with Crippen LogP contribution in [0.5, 0.6) is 0 Å². The number of fused-ring (bicyclic) bond motifs is 1. The molecular weight excluding hydrogens is 408 g/mol. The summed E-state index contributed by atoms with van der Waals surface area (Å²) in [4.78, 5) is 31.6. The molecule has 1 aliphatic heterocycles. The van der Waals surface area contributed by atoms with E-state index in [2.05, 4.69) is 0 Å². The number of aromatic nitrogens is 2. The van der Waals surface area contributed by atoms with Gasteiger partial charge >= 0.3 is 0 Å². The van der Waals surface area contributed by atoms with E-state index in [4.69, 9.17) is 9.72 Å². The first-order chi connectivity index (χ1) is 15.1. The molecule has 0 unspecified atom stereocenters. The lowest BCUT2D eigenvalue weighted by Gasteiger charge is -2.56. The van der Waals surface area contributed by atoms with Crippen LogP contribution in [0, 0.1) is 23.2 Å². The monoisotopic (exact) mass is 438 g/mol. The van der Waals surface area contributed by atoms with Gasteiger partial charge in [0.25, 0.3) is 5.56 Å². The summed E-state index contributed by atoms with van der Waals surface area (Å²) in [6.07, 6.45) is 9.35. The third-order valence-electron chi connectivity index (χ3n) is 8.20. The van der Waals surface area contributed by atoms with E-state index in [1.54, 1.807) is 4.57 Å². The molecule has 6 heteroatoms. The van der Waals surface area contributed by atoms with Crippen LogP contribution in [0.15, 0.2) is 34.2 Å². The molecule has 5 fully saturated rings. The number of hydrogen-bond donors (Lipinski definition) is 0. The van der Waals surface area contributed by atoms with E-state index < -0.39 is 0 Å². The number of thioether (sulfide) groups is 1. The summed E-state index contributed by atoms with van der Waals surface area (Å²) in [5.74, 6) is 3.09. The number of rotatable bonds is 6. The van der Waals surface area contributed by atoms with E-state index in [0.29, 0.717) is 34.1 Å². The zero-order valence-electron chi connectivity index (χ0n) is 17.9. The number of carbonyl (C=O) groups is 1. The molecule has 5 aliphatic rings. The second-order valence-corrected chi connectivity index (χ2v) is 11.3. The summed E-state index contributed by atoms with van der Waals surface area (Å²) in [6.45, 7) is 1.28. The lowest BCUT2D eigenvalue weighted by molar-refractivity contribution is -0.141. The van der Waals surface area contributed by atoms with Crippen LogP contribution in [0.4, 0.5) is 0 Å². The van der Waals surface area contributed by atoms with Crippen molar-refractivity contribution >= 4 is 28.4 Å². The Kier molecular flexibility index (Phi) is 4.98. The van der Waals surface area contributed by atoms with Crippen molar-refractivity contribution in [2.24, 2.45) is 23.2 Å². The Labute approximate surface area is 187 Å². The Morgan fingerprint density at radius 2 is 1.84 bits per heavy atom. The van der Waals surface area contributed by atoms with Crippen molar-refractivity contribution in [1.29, 1.82) is 0 Å². The van der Waals surface area contributed by atoms with E-state index in [1.165, 1.54) is 31.0 Å². The second-order valence-electron chi connectivity index (χ2n) is 10.4. The Morgan fingerprint density at radius 3 is 2.52 bits per heavy atom. The van der Waals surface area contributed by atoms with E-state index in [1.807, 2.05) is 24.3 Å². The molecule has 31 heavy (non-hydrogen) atoms. The average Bonchev–Trinajstić information content (AvgIpc) is 3.26. The topological polar surface area (TPSA) is 61.2 Å². The molecule has 4 aliphatic carbocycles. The second kappa shape index (κ2) is 7.73. The highest BCUT2D eigenvalue weighted by molar-refractivity contribution is 7.99. The molecule has 0 spiro atoms. The molecule has 0 amide bonds. The fraction of sp³-hybridized carbons (Fsp3) is 0.640. The summed E-state index contributed by atoms with van der Waals surface area (Å²) in [5, 5.41) is 1.30. The maximum absolute atomic E-state index is 13.5. The highest BCUT2D eigenvalue weighted by Gasteiger charge is 2.54. The van der Waals surface area contributed by atoms with Crippen molar-refractivity contribution in [2.75, 3.05) is 12.4 Å². The molecule has 2 aromatic rings. The van der Waals surface area contributed by atoms with Crippen LogP contribution in [0.1, 0.15) is 51.4 Å². The van der Waals surface area contributed by atoms with Gasteiger partial charge in [-0.25, -0.2) is 4.98 Å². The van der Waals surface area contributed by atoms with Gasteiger partial charge in [-0.15, -0.1) is 0 Å². The van der Waals surface area contributed by atoms with Crippen LogP contribution in [0.2, 0.25) is 0 Å². The van der Waals surface area contributed by atoms with E-state index >= 15 is 0 Å². The summed E-state index contributed by atoms with van der Waals surface area (Å²) in [7, 11) is 0. The number of carbonyl (C=O) groups excluding carboxylic acids is 1. The van der Waals surface area contributed by atoms with Gasteiger partial charge in [0.05, 0.1) is 29.3 Å². The third-order valence-corrected chi connectivity index (χ3v) is 9.18. The van der Waals surface area contributed by atoms with Crippen LogP contribution in [-0.4, -0.2) is 33.8 Å². The molecule has 164 valence electrons. The van der Waals surface area contributed by atoms with Crippen LogP contribution in [0.25, 0.3) is 10.9 Å². The lowest BCUT2D eigenvalue weighted by Crippen LogP contribution is -2.50. The fourth-order valence-electron chi connectivity index (χ4n) is 7.15. The minimum atomic E-state index is -0.0989. The number of para-hydroxylation sites is 1. The SMILES string of the molecule is O=C(CSc1nc2ccccc2c(=O)n1C[C@H]1CCCO1)C12CC3CC(CC(C3)C1)C2. The summed E-state index contributed by atoms with van der Waals surface area (Å²) in [6, 6.07) is 7.52. The van der Waals surface area contributed by atoms with Gasteiger partial charge in [0, 0.05) is 12.0 Å². The van der Waals surface area contributed by atoms with Gasteiger partial charge in [0.2, 0.25) is 0 Å². The largest absolute Gasteiger partial charge is 0.376 e. The minimum Gasteiger partial charge on any atom is -0.376 e. The van der Waals surface area contributed by atoms with Crippen molar-refractivity contribution in [1.82, 2.24) is 9.55 Å². The lowest BCUT2D eigenvalue weighted by atomic mass is 9.48. The van der Waals surface area contributed by atoms with Crippen LogP contribution >= 0.6 is 11.8 Å². The Balaban J connectivity index is 1.27. The molecule has 5 nitrogen and oxygen atoms in total. The molecular formula is C25H30N2O3S. The normalized spacial score (nSPS) is 33.9. The maximum Gasteiger partial charge on any atom is 0.262 e. The van der Waals surface area contributed by atoms with Gasteiger partial charge in [-0.3, -0.25) is 14.2 Å². The Hall–Kier alpha value is -1.66. The van der Waals surface area contributed by atoms with Gasteiger partial charge in [-0.2, -0.15) is 0 Å². The fourth-order valence-corrected chi connectivity index (χ4v) is 8.19. The predicted molar refractivity (Wildman–Crippen MR) is 121 cm³/mol. The summed E-state index contributed by atoms with van der Waals surface area (Å²) >= 11 is 1.46. The first-order valence-electron chi connectivity index (χ1n) is 11.9. The smallest absolute Gasteiger partial charge is 0.262 e. The molecule has 4 saturated carbocycles. The van der Waals surface area contributed by atoms with Crippen molar-refractivity contribution in [2.45, 2.75) is 69.2 Å². The number of hydrogen-bond acceptors (Lipinski definition) is 5. The van der Waals surface area contributed by atoms with Gasteiger partial charge in [0.15, 0.2) is 5.16 Å². The van der Waals surface area contributed by atoms with Crippen molar-refractivity contribution in [3.63, 3.8) is 0 Å². The molecule has 1 aromatic carbocycles. The number of ketones is 1. The number of nitrogens with zero attached hydrogens (tertiary/aromatic N) is 2. The Bertz CT molecular complexity index is 1040. The van der Waals surface area contributed by atoms with Gasteiger partial charge in [-0.05, 0) is 81.3 Å². The average molecular weight is 439 g/mol. The highest BCUT2D eigenvalue weighted by atomic mass is 32.2. The first-order valence-corrected chi connectivity index (χ1v) is 12.9. The summed E-state index contributed by atoms with van der Waals surface area (Å²) < 4.78 is 7.57.